The standard InChI is InChI=1S/C16H21N3O2/c1-11-5-6-15(21-4)13(7-11)14(17-3)10-19-9-12(2)8-18-16(19)20/h5-9,14,17H,10H2,1-4H3. The molecule has 1 atom stereocenters. The molecule has 5 heteroatoms. The van der Waals surface area contributed by atoms with E-state index in [0.29, 0.717) is 6.54 Å². The SMILES string of the molecule is CNC(Cn1cc(C)cnc1=O)c1cc(C)ccc1OC. The molecule has 21 heavy (non-hydrogen) atoms. The number of aromatic nitrogens is 2. The van der Waals surface area contributed by atoms with Crippen molar-refractivity contribution in [2.45, 2.75) is 26.4 Å². The van der Waals surface area contributed by atoms with E-state index >= 15 is 0 Å². The van der Waals surface area contributed by atoms with Crippen molar-refractivity contribution in [2.75, 3.05) is 14.2 Å². The summed E-state index contributed by atoms with van der Waals surface area (Å²) in [5, 5.41) is 3.25. The van der Waals surface area contributed by atoms with Crippen LogP contribution in [-0.4, -0.2) is 23.7 Å². The summed E-state index contributed by atoms with van der Waals surface area (Å²) in [6.07, 6.45) is 3.41. The van der Waals surface area contributed by atoms with E-state index in [9.17, 15) is 4.79 Å². The van der Waals surface area contributed by atoms with E-state index < -0.39 is 0 Å². The number of methoxy groups -OCH3 is 1. The summed E-state index contributed by atoms with van der Waals surface area (Å²) in [6, 6.07) is 6.01. The van der Waals surface area contributed by atoms with Crippen molar-refractivity contribution < 1.29 is 4.74 Å². The molecule has 0 saturated heterocycles. The van der Waals surface area contributed by atoms with Gasteiger partial charge in [0.25, 0.3) is 0 Å². The number of nitrogens with zero attached hydrogens (tertiary/aromatic N) is 2. The van der Waals surface area contributed by atoms with Crippen LogP contribution in [0, 0.1) is 13.8 Å². The molecule has 0 aliphatic carbocycles. The minimum atomic E-state index is -0.243. The highest BCUT2D eigenvalue weighted by molar-refractivity contribution is 5.39. The van der Waals surface area contributed by atoms with Gasteiger partial charge in [-0.25, -0.2) is 9.78 Å². The van der Waals surface area contributed by atoms with Gasteiger partial charge in [-0.1, -0.05) is 17.7 Å². The predicted octanol–water partition coefficient (Wildman–Crippen LogP) is 1.83. The number of likely N-dealkylation sites (N-methyl/N-ethyl adjacent to an activating group) is 1. The summed E-state index contributed by atoms with van der Waals surface area (Å²) >= 11 is 0. The van der Waals surface area contributed by atoms with Gasteiger partial charge in [-0.15, -0.1) is 0 Å². The maximum Gasteiger partial charge on any atom is 0.347 e. The highest BCUT2D eigenvalue weighted by Crippen LogP contribution is 2.27. The third-order valence-electron chi connectivity index (χ3n) is 3.47. The molecule has 1 aromatic carbocycles. The first-order valence-corrected chi connectivity index (χ1v) is 6.90. The normalized spacial score (nSPS) is 12.2. The summed E-state index contributed by atoms with van der Waals surface area (Å²) in [5.74, 6) is 0.814. The fourth-order valence-corrected chi connectivity index (χ4v) is 2.36. The van der Waals surface area contributed by atoms with Gasteiger partial charge in [0, 0.05) is 24.5 Å². The highest BCUT2D eigenvalue weighted by atomic mass is 16.5. The van der Waals surface area contributed by atoms with Crippen molar-refractivity contribution in [3.63, 3.8) is 0 Å². The summed E-state index contributed by atoms with van der Waals surface area (Å²) in [5.41, 5.74) is 2.90. The van der Waals surface area contributed by atoms with Crippen LogP contribution in [0.5, 0.6) is 5.75 Å². The van der Waals surface area contributed by atoms with Gasteiger partial charge in [-0.2, -0.15) is 0 Å². The molecule has 0 radical (unpaired) electrons. The molecule has 0 spiro atoms. The minimum absolute atomic E-state index is 0.0267. The lowest BCUT2D eigenvalue weighted by Crippen LogP contribution is -2.30. The van der Waals surface area contributed by atoms with Crippen LogP contribution in [0.25, 0.3) is 0 Å². The Morgan fingerprint density at radius 1 is 1.33 bits per heavy atom. The quantitative estimate of drug-likeness (QED) is 0.911. The Balaban J connectivity index is 2.38. The first-order chi connectivity index (χ1) is 10.0. The average Bonchev–Trinajstić information content (AvgIpc) is 2.48. The number of ether oxygens (including phenoxy) is 1. The van der Waals surface area contributed by atoms with E-state index in [1.165, 1.54) is 0 Å². The molecule has 1 aromatic heterocycles. The topological polar surface area (TPSA) is 56.2 Å². The van der Waals surface area contributed by atoms with E-state index in [-0.39, 0.29) is 11.7 Å². The number of hydrogen-bond donors (Lipinski definition) is 1. The monoisotopic (exact) mass is 287 g/mol. The molecule has 112 valence electrons. The Kier molecular flexibility index (Phi) is 4.75. The van der Waals surface area contributed by atoms with Crippen LogP contribution in [0.2, 0.25) is 0 Å². The van der Waals surface area contributed by atoms with E-state index in [4.69, 9.17) is 4.74 Å². The smallest absolute Gasteiger partial charge is 0.347 e. The van der Waals surface area contributed by atoms with Crippen LogP contribution in [0.15, 0.2) is 35.4 Å². The molecule has 0 fully saturated rings. The Hall–Kier alpha value is -2.14. The second-order valence-corrected chi connectivity index (χ2v) is 5.15. The molecule has 2 rings (SSSR count). The second-order valence-electron chi connectivity index (χ2n) is 5.15. The fraction of sp³-hybridized carbons (Fsp3) is 0.375. The van der Waals surface area contributed by atoms with Gasteiger partial charge < -0.3 is 10.1 Å². The van der Waals surface area contributed by atoms with Gasteiger partial charge in [0.05, 0.1) is 13.2 Å². The lowest BCUT2D eigenvalue weighted by molar-refractivity contribution is 0.393. The molecular formula is C16H21N3O2. The van der Waals surface area contributed by atoms with E-state index in [1.807, 2.05) is 39.2 Å². The van der Waals surface area contributed by atoms with Gasteiger partial charge >= 0.3 is 5.69 Å². The average molecular weight is 287 g/mol. The minimum Gasteiger partial charge on any atom is -0.496 e. The van der Waals surface area contributed by atoms with Crippen molar-refractivity contribution in [1.82, 2.24) is 14.9 Å². The molecular weight excluding hydrogens is 266 g/mol. The first-order valence-electron chi connectivity index (χ1n) is 6.90. The van der Waals surface area contributed by atoms with Crippen LogP contribution < -0.4 is 15.7 Å². The Morgan fingerprint density at radius 3 is 2.76 bits per heavy atom. The largest absolute Gasteiger partial charge is 0.496 e. The summed E-state index contributed by atoms with van der Waals surface area (Å²) in [7, 11) is 3.53. The maximum absolute atomic E-state index is 11.9. The molecule has 5 nitrogen and oxygen atoms in total. The zero-order valence-electron chi connectivity index (χ0n) is 12.9. The Bertz CT molecular complexity index is 679. The molecule has 0 amide bonds. The van der Waals surface area contributed by atoms with Gasteiger partial charge in [-0.3, -0.25) is 4.57 Å². The third kappa shape index (κ3) is 3.49. The Morgan fingerprint density at radius 2 is 2.10 bits per heavy atom. The predicted molar refractivity (Wildman–Crippen MR) is 82.8 cm³/mol. The van der Waals surface area contributed by atoms with Gasteiger partial charge in [0.2, 0.25) is 0 Å². The number of nitrogens with one attached hydrogen (secondary N) is 1. The van der Waals surface area contributed by atoms with Crippen LogP contribution >= 0.6 is 0 Å². The molecule has 1 heterocycles. The van der Waals surface area contributed by atoms with E-state index in [1.54, 1.807) is 17.9 Å². The first kappa shape index (κ1) is 15.3. The molecule has 0 bridgehead atoms. The summed E-state index contributed by atoms with van der Waals surface area (Å²) in [4.78, 5) is 15.7. The lowest BCUT2D eigenvalue weighted by atomic mass is 10.0. The summed E-state index contributed by atoms with van der Waals surface area (Å²) in [6.45, 7) is 4.46. The number of rotatable bonds is 5. The van der Waals surface area contributed by atoms with Crippen LogP contribution in [-0.2, 0) is 6.54 Å². The second kappa shape index (κ2) is 6.54. The number of benzene rings is 1. The molecule has 0 aliphatic rings. The summed E-state index contributed by atoms with van der Waals surface area (Å²) < 4.78 is 7.06. The van der Waals surface area contributed by atoms with Crippen molar-refractivity contribution >= 4 is 0 Å². The molecule has 1 N–H and O–H groups in total. The van der Waals surface area contributed by atoms with Crippen LogP contribution in [0.1, 0.15) is 22.7 Å². The number of aryl methyl sites for hydroxylation is 2. The van der Waals surface area contributed by atoms with E-state index in [2.05, 4.69) is 16.4 Å². The Labute approximate surface area is 124 Å². The zero-order valence-corrected chi connectivity index (χ0v) is 12.9. The molecule has 1 unspecified atom stereocenters. The van der Waals surface area contributed by atoms with Crippen molar-refractivity contribution in [1.29, 1.82) is 0 Å². The van der Waals surface area contributed by atoms with Crippen molar-refractivity contribution in [3.05, 3.63) is 57.8 Å². The van der Waals surface area contributed by atoms with Crippen LogP contribution in [0.3, 0.4) is 0 Å². The van der Waals surface area contributed by atoms with Gasteiger partial charge in [-0.05, 0) is 32.5 Å². The maximum atomic E-state index is 11.9. The number of hydrogen-bond acceptors (Lipinski definition) is 4. The molecule has 0 aliphatic heterocycles. The van der Waals surface area contributed by atoms with Crippen molar-refractivity contribution in [3.8, 4) is 5.75 Å². The van der Waals surface area contributed by atoms with E-state index in [0.717, 1.165) is 22.4 Å². The molecule has 2 aromatic rings. The highest BCUT2D eigenvalue weighted by Gasteiger charge is 2.16. The lowest BCUT2D eigenvalue weighted by Gasteiger charge is -2.21. The van der Waals surface area contributed by atoms with Gasteiger partial charge in [0.1, 0.15) is 5.75 Å². The van der Waals surface area contributed by atoms with Crippen LogP contribution in [0.4, 0.5) is 0 Å². The van der Waals surface area contributed by atoms with Crippen molar-refractivity contribution in [2.24, 2.45) is 0 Å². The zero-order chi connectivity index (χ0) is 15.4. The molecule has 0 saturated carbocycles. The fourth-order valence-electron chi connectivity index (χ4n) is 2.36. The van der Waals surface area contributed by atoms with Gasteiger partial charge in [0.15, 0.2) is 0 Å². The third-order valence-corrected chi connectivity index (χ3v) is 3.47.